The number of benzene rings is 3. The molecule has 1 aliphatic carbocycles. The standard InChI is InChI=1S/C30H25ClFN3O2/c31-22-11-9-21(10-12-22)30-27-6-3-17-33(27)25-4-1-2-5-26(25)35(30)29(37)19-34(24-15-16-24)28(36)18-20-7-13-23(32)14-8-20/h1-14,17,24,30H,15-16,18-19H2. The molecule has 5 nitrogen and oxygen atoms in total. The lowest BCUT2D eigenvalue weighted by Crippen LogP contribution is -2.47. The lowest BCUT2D eigenvalue weighted by molar-refractivity contribution is -0.135. The molecule has 1 unspecified atom stereocenters. The summed E-state index contributed by atoms with van der Waals surface area (Å²) >= 11 is 6.18. The Balaban J connectivity index is 1.35. The second kappa shape index (κ2) is 9.52. The molecule has 0 spiro atoms. The molecule has 1 saturated carbocycles. The van der Waals surface area contributed by atoms with Gasteiger partial charge in [0.1, 0.15) is 18.4 Å². The topological polar surface area (TPSA) is 45.6 Å². The summed E-state index contributed by atoms with van der Waals surface area (Å²) in [6.07, 6.45) is 3.89. The number of anilines is 1. The van der Waals surface area contributed by atoms with E-state index in [0.717, 1.165) is 41.0 Å². The minimum atomic E-state index is -0.372. The summed E-state index contributed by atoms with van der Waals surface area (Å²) in [5, 5.41) is 0.625. The van der Waals surface area contributed by atoms with Crippen molar-refractivity contribution in [3.8, 4) is 5.69 Å². The predicted molar refractivity (Wildman–Crippen MR) is 141 cm³/mol. The van der Waals surface area contributed by atoms with E-state index in [9.17, 15) is 14.0 Å². The van der Waals surface area contributed by atoms with Gasteiger partial charge >= 0.3 is 0 Å². The largest absolute Gasteiger partial charge is 0.330 e. The van der Waals surface area contributed by atoms with Crippen LogP contribution in [0.1, 0.15) is 35.7 Å². The van der Waals surface area contributed by atoms with Crippen molar-refractivity contribution in [2.24, 2.45) is 0 Å². The highest BCUT2D eigenvalue weighted by Crippen LogP contribution is 2.42. The fourth-order valence-corrected chi connectivity index (χ4v) is 5.26. The van der Waals surface area contributed by atoms with Crippen molar-refractivity contribution in [3.63, 3.8) is 0 Å². The average Bonchev–Trinajstić information content (AvgIpc) is 3.63. The van der Waals surface area contributed by atoms with Gasteiger partial charge in [0.05, 0.1) is 23.5 Å². The van der Waals surface area contributed by atoms with Crippen LogP contribution in [0.25, 0.3) is 5.69 Å². The molecule has 4 aromatic rings. The normalized spacial score (nSPS) is 16.2. The number of para-hydroxylation sites is 2. The predicted octanol–water partition coefficient (Wildman–Crippen LogP) is 5.94. The van der Waals surface area contributed by atoms with E-state index in [-0.39, 0.29) is 42.7 Å². The highest BCUT2D eigenvalue weighted by Gasteiger charge is 2.39. The number of rotatable bonds is 6. The fraction of sp³-hybridized carbons (Fsp3) is 0.200. The van der Waals surface area contributed by atoms with Crippen LogP contribution in [0.3, 0.4) is 0 Å². The Morgan fingerprint density at radius 2 is 1.59 bits per heavy atom. The summed E-state index contributed by atoms with van der Waals surface area (Å²) in [5.41, 5.74) is 4.33. The van der Waals surface area contributed by atoms with Crippen molar-refractivity contribution >= 4 is 29.1 Å². The Bertz CT molecular complexity index is 1460. The molecule has 0 saturated heterocycles. The summed E-state index contributed by atoms with van der Waals surface area (Å²) in [4.78, 5) is 31.0. The van der Waals surface area contributed by atoms with Crippen molar-refractivity contribution in [2.45, 2.75) is 31.3 Å². The summed E-state index contributed by atoms with van der Waals surface area (Å²) < 4.78 is 15.5. The molecule has 1 fully saturated rings. The van der Waals surface area contributed by atoms with Crippen LogP contribution in [0, 0.1) is 5.82 Å². The number of nitrogens with zero attached hydrogens (tertiary/aromatic N) is 3. The van der Waals surface area contributed by atoms with Crippen LogP contribution in [-0.4, -0.2) is 33.9 Å². The highest BCUT2D eigenvalue weighted by molar-refractivity contribution is 6.30. The van der Waals surface area contributed by atoms with E-state index >= 15 is 0 Å². The van der Waals surface area contributed by atoms with Crippen molar-refractivity contribution < 1.29 is 14.0 Å². The van der Waals surface area contributed by atoms with E-state index in [4.69, 9.17) is 11.6 Å². The van der Waals surface area contributed by atoms with Crippen molar-refractivity contribution in [1.82, 2.24) is 9.47 Å². The van der Waals surface area contributed by atoms with E-state index in [1.807, 2.05) is 71.8 Å². The quantitative estimate of drug-likeness (QED) is 0.320. The minimum absolute atomic E-state index is 0.0240. The number of carbonyl (C=O) groups excluding carboxylic acids is 2. The fourth-order valence-electron chi connectivity index (χ4n) is 5.13. The molecule has 37 heavy (non-hydrogen) atoms. The minimum Gasteiger partial charge on any atom is -0.330 e. The first-order chi connectivity index (χ1) is 18.0. The Morgan fingerprint density at radius 3 is 2.30 bits per heavy atom. The van der Waals surface area contributed by atoms with Crippen LogP contribution < -0.4 is 4.90 Å². The third kappa shape index (κ3) is 4.53. The molecular formula is C30H25ClFN3O2. The van der Waals surface area contributed by atoms with Gasteiger partial charge in [-0.3, -0.25) is 14.5 Å². The molecule has 2 amide bonds. The molecule has 1 aliphatic heterocycles. The molecule has 1 atom stereocenters. The van der Waals surface area contributed by atoms with Crippen LogP contribution in [-0.2, 0) is 16.0 Å². The zero-order valence-corrected chi connectivity index (χ0v) is 20.8. The second-order valence-corrected chi connectivity index (χ2v) is 10.0. The Kier molecular flexibility index (Phi) is 6.05. The number of fused-ring (bicyclic) bond motifs is 3. The van der Waals surface area contributed by atoms with Gasteiger partial charge in [-0.2, -0.15) is 0 Å². The SMILES string of the molecule is O=C(Cc1ccc(F)cc1)N(CC(=O)N1c2ccccc2-n2cccc2C1c1ccc(Cl)cc1)C1CC1. The summed E-state index contributed by atoms with van der Waals surface area (Å²) in [7, 11) is 0. The molecule has 7 heteroatoms. The molecule has 3 aromatic carbocycles. The molecule has 2 aliphatic rings. The van der Waals surface area contributed by atoms with Crippen LogP contribution >= 0.6 is 11.6 Å². The van der Waals surface area contributed by atoms with E-state index in [2.05, 4.69) is 4.57 Å². The monoisotopic (exact) mass is 513 g/mol. The molecular weight excluding hydrogens is 489 g/mol. The lowest BCUT2D eigenvalue weighted by Gasteiger charge is -2.39. The van der Waals surface area contributed by atoms with Crippen molar-refractivity contribution in [2.75, 3.05) is 11.4 Å². The van der Waals surface area contributed by atoms with Gasteiger partial charge in [0.25, 0.3) is 0 Å². The molecule has 0 N–H and O–H groups in total. The third-order valence-corrected chi connectivity index (χ3v) is 7.31. The Morgan fingerprint density at radius 1 is 0.892 bits per heavy atom. The summed E-state index contributed by atoms with van der Waals surface area (Å²) in [6, 6.07) is 25.0. The van der Waals surface area contributed by atoms with Crippen molar-refractivity contribution in [1.29, 1.82) is 0 Å². The molecule has 1 aromatic heterocycles. The number of hydrogen-bond acceptors (Lipinski definition) is 2. The van der Waals surface area contributed by atoms with Crippen LogP contribution in [0.4, 0.5) is 10.1 Å². The van der Waals surface area contributed by atoms with Gasteiger partial charge in [-0.05, 0) is 72.5 Å². The first kappa shape index (κ1) is 23.5. The smallest absolute Gasteiger partial charge is 0.247 e. The van der Waals surface area contributed by atoms with Gasteiger partial charge in [0.15, 0.2) is 0 Å². The molecule has 186 valence electrons. The van der Waals surface area contributed by atoms with E-state index < -0.39 is 0 Å². The van der Waals surface area contributed by atoms with Gasteiger partial charge in [-0.25, -0.2) is 4.39 Å². The van der Waals surface area contributed by atoms with Crippen LogP contribution in [0.5, 0.6) is 0 Å². The van der Waals surface area contributed by atoms with Crippen LogP contribution in [0.15, 0.2) is 91.1 Å². The second-order valence-electron chi connectivity index (χ2n) is 9.57. The van der Waals surface area contributed by atoms with Gasteiger partial charge in [0, 0.05) is 17.3 Å². The van der Waals surface area contributed by atoms with E-state index in [1.54, 1.807) is 17.0 Å². The number of aromatic nitrogens is 1. The first-order valence-corrected chi connectivity index (χ1v) is 12.8. The maximum Gasteiger partial charge on any atom is 0.247 e. The zero-order valence-electron chi connectivity index (χ0n) is 20.1. The highest BCUT2D eigenvalue weighted by atomic mass is 35.5. The van der Waals surface area contributed by atoms with Crippen LogP contribution in [0.2, 0.25) is 5.02 Å². The van der Waals surface area contributed by atoms with E-state index in [0.29, 0.717) is 5.02 Å². The maximum absolute atomic E-state index is 14.1. The third-order valence-electron chi connectivity index (χ3n) is 7.06. The Labute approximate surface area is 219 Å². The Hall–Kier alpha value is -3.90. The van der Waals surface area contributed by atoms with Crippen molar-refractivity contribution in [3.05, 3.63) is 119 Å². The number of halogens is 2. The van der Waals surface area contributed by atoms with Gasteiger partial charge < -0.3 is 9.47 Å². The molecule has 2 heterocycles. The average molecular weight is 514 g/mol. The number of hydrogen-bond donors (Lipinski definition) is 0. The molecule has 0 bridgehead atoms. The van der Waals surface area contributed by atoms with Gasteiger partial charge in [0.2, 0.25) is 11.8 Å². The zero-order chi connectivity index (χ0) is 25.5. The molecule has 0 radical (unpaired) electrons. The number of amides is 2. The van der Waals surface area contributed by atoms with E-state index in [1.165, 1.54) is 12.1 Å². The lowest BCUT2D eigenvalue weighted by atomic mass is 9.97. The maximum atomic E-state index is 14.1. The number of carbonyl (C=O) groups is 2. The molecule has 6 rings (SSSR count). The summed E-state index contributed by atoms with van der Waals surface area (Å²) in [5.74, 6) is -0.620. The summed E-state index contributed by atoms with van der Waals surface area (Å²) in [6.45, 7) is -0.0240. The first-order valence-electron chi connectivity index (χ1n) is 12.4. The van der Waals surface area contributed by atoms with Gasteiger partial charge in [-0.15, -0.1) is 0 Å². The van der Waals surface area contributed by atoms with Gasteiger partial charge in [-0.1, -0.05) is 48.0 Å².